The molecule has 74 valence electrons. The average molecular weight is 206 g/mol. The standard InChI is InChI=1S/C6H9NO5S/c1-3(7-13(9)10)5-4(2)11-6(8)12-5/h3,7H,1-2H3,(H,9,10)/p-1. The lowest BCUT2D eigenvalue weighted by molar-refractivity contribution is 0.359. The molecule has 0 amide bonds. The number of nitrogens with one attached hydrogen (secondary N) is 1. The molecule has 1 aromatic rings. The van der Waals surface area contributed by atoms with Gasteiger partial charge < -0.3 is 13.4 Å². The third-order valence-electron chi connectivity index (χ3n) is 1.44. The third kappa shape index (κ3) is 2.51. The Morgan fingerprint density at radius 2 is 2.15 bits per heavy atom. The molecule has 13 heavy (non-hydrogen) atoms. The molecule has 0 aliphatic carbocycles. The predicted molar refractivity (Wildman–Crippen MR) is 42.5 cm³/mol. The van der Waals surface area contributed by atoms with E-state index in [9.17, 15) is 13.6 Å². The Morgan fingerprint density at radius 3 is 2.54 bits per heavy atom. The molecule has 6 nitrogen and oxygen atoms in total. The van der Waals surface area contributed by atoms with Crippen molar-refractivity contribution in [2.24, 2.45) is 0 Å². The van der Waals surface area contributed by atoms with Crippen LogP contribution in [0.5, 0.6) is 0 Å². The Balaban J connectivity index is 2.88. The van der Waals surface area contributed by atoms with Gasteiger partial charge in [-0.1, -0.05) is 0 Å². The maximum absolute atomic E-state index is 10.6. The molecule has 0 aromatic carbocycles. The highest BCUT2D eigenvalue weighted by Crippen LogP contribution is 2.15. The largest absolute Gasteiger partial charge is 0.760 e. The summed E-state index contributed by atoms with van der Waals surface area (Å²) < 4.78 is 31.8. The maximum Gasteiger partial charge on any atom is 0.519 e. The molecule has 0 fully saturated rings. The van der Waals surface area contributed by atoms with Crippen molar-refractivity contribution >= 4 is 11.3 Å². The van der Waals surface area contributed by atoms with E-state index in [0.29, 0.717) is 0 Å². The molecular weight excluding hydrogens is 198 g/mol. The smallest absolute Gasteiger partial charge is 0.519 e. The molecule has 0 bridgehead atoms. The van der Waals surface area contributed by atoms with Crippen molar-refractivity contribution in [1.29, 1.82) is 0 Å². The molecule has 2 unspecified atom stereocenters. The molecule has 0 aliphatic rings. The highest BCUT2D eigenvalue weighted by Gasteiger charge is 2.15. The van der Waals surface area contributed by atoms with Gasteiger partial charge in [-0.25, -0.2) is 9.52 Å². The van der Waals surface area contributed by atoms with E-state index < -0.39 is 23.1 Å². The van der Waals surface area contributed by atoms with E-state index in [2.05, 4.69) is 13.6 Å². The second-order valence-electron chi connectivity index (χ2n) is 2.45. The molecule has 1 rings (SSSR count). The fourth-order valence-electron chi connectivity index (χ4n) is 0.949. The number of aryl methyl sites for hydroxylation is 1. The minimum absolute atomic E-state index is 0.189. The summed E-state index contributed by atoms with van der Waals surface area (Å²) >= 11 is -2.40. The SMILES string of the molecule is Cc1oc(=O)oc1C(C)NS(=O)[O-]. The van der Waals surface area contributed by atoms with Crippen LogP contribution < -0.4 is 10.5 Å². The lowest BCUT2D eigenvalue weighted by atomic mass is 10.2. The third-order valence-corrected chi connectivity index (χ3v) is 1.99. The summed E-state index contributed by atoms with van der Waals surface area (Å²) in [5.41, 5.74) is 0. The molecule has 0 radical (unpaired) electrons. The number of rotatable bonds is 3. The van der Waals surface area contributed by atoms with Crippen molar-refractivity contribution in [2.75, 3.05) is 0 Å². The Kier molecular flexibility index (Phi) is 3.02. The van der Waals surface area contributed by atoms with Gasteiger partial charge >= 0.3 is 5.82 Å². The van der Waals surface area contributed by atoms with E-state index in [-0.39, 0.29) is 11.5 Å². The van der Waals surface area contributed by atoms with E-state index in [0.717, 1.165) is 0 Å². The number of hydrogen-bond acceptors (Lipinski definition) is 5. The van der Waals surface area contributed by atoms with E-state index in [1.807, 2.05) is 0 Å². The van der Waals surface area contributed by atoms with E-state index in [1.165, 1.54) is 13.8 Å². The molecule has 2 atom stereocenters. The number of hydrogen-bond donors (Lipinski definition) is 1. The molecule has 0 spiro atoms. The zero-order valence-corrected chi connectivity index (χ0v) is 7.84. The van der Waals surface area contributed by atoms with Gasteiger partial charge in [0, 0.05) is 11.3 Å². The summed E-state index contributed by atoms with van der Waals surface area (Å²) in [6.45, 7) is 3.06. The normalized spacial score (nSPS) is 15.6. The van der Waals surface area contributed by atoms with Crippen LogP contribution in [0.25, 0.3) is 0 Å². The zero-order valence-electron chi connectivity index (χ0n) is 7.03. The van der Waals surface area contributed by atoms with Crippen LogP contribution in [0, 0.1) is 6.92 Å². The molecule has 1 heterocycles. The van der Waals surface area contributed by atoms with Gasteiger partial charge in [-0.3, -0.25) is 4.21 Å². The van der Waals surface area contributed by atoms with Crippen molar-refractivity contribution in [2.45, 2.75) is 19.9 Å². The highest BCUT2D eigenvalue weighted by molar-refractivity contribution is 7.77. The van der Waals surface area contributed by atoms with E-state index >= 15 is 0 Å². The van der Waals surface area contributed by atoms with Crippen LogP contribution in [0.2, 0.25) is 0 Å². The van der Waals surface area contributed by atoms with Gasteiger partial charge in [0.2, 0.25) is 0 Å². The van der Waals surface area contributed by atoms with Crippen molar-refractivity contribution in [3.8, 4) is 0 Å². The van der Waals surface area contributed by atoms with Gasteiger partial charge in [0.05, 0.1) is 6.04 Å². The van der Waals surface area contributed by atoms with Gasteiger partial charge in [0.1, 0.15) is 5.76 Å². The van der Waals surface area contributed by atoms with Gasteiger partial charge in [-0.05, 0) is 13.8 Å². The molecular formula is C6H8NO5S-. The Morgan fingerprint density at radius 1 is 1.54 bits per heavy atom. The van der Waals surface area contributed by atoms with E-state index in [1.54, 1.807) is 0 Å². The van der Waals surface area contributed by atoms with Crippen molar-refractivity contribution in [1.82, 2.24) is 4.72 Å². The minimum atomic E-state index is -2.40. The first-order valence-corrected chi connectivity index (χ1v) is 4.54. The summed E-state index contributed by atoms with van der Waals surface area (Å²) in [6, 6.07) is -0.607. The first-order chi connectivity index (χ1) is 6.00. The van der Waals surface area contributed by atoms with Crippen LogP contribution in [-0.4, -0.2) is 8.76 Å². The van der Waals surface area contributed by atoms with Crippen molar-refractivity contribution in [3.63, 3.8) is 0 Å². The van der Waals surface area contributed by atoms with Crippen LogP contribution in [0.4, 0.5) is 0 Å². The van der Waals surface area contributed by atoms with Crippen LogP contribution in [-0.2, 0) is 11.3 Å². The average Bonchev–Trinajstić information content (AvgIpc) is 2.28. The van der Waals surface area contributed by atoms with Gasteiger partial charge in [0.25, 0.3) is 0 Å². The maximum atomic E-state index is 10.6. The monoisotopic (exact) mass is 206 g/mol. The molecule has 7 heteroatoms. The zero-order chi connectivity index (χ0) is 10.0. The van der Waals surface area contributed by atoms with Gasteiger partial charge in [-0.15, -0.1) is 0 Å². The Labute approximate surface area is 76.3 Å². The van der Waals surface area contributed by atoms with Crippen molar-refractivity contribution < 1.29 is 17.6 Å². The molecule has 0 saturated heterocycles. The molecule has 1 N–H and O–H groups in total. The predicted octanol–water partition coefficient (Wildman–Crippen LogP) is -0.0141. The highest BCUT2D eigenvalue weighted by atomic mass is 32.2. The fraction of sp³-hybridized carbons (Fsp3) is 0.500. The molecule has 0 saturated carbocycles. The van der Waals surface area contributed by atoms with E-state index in [4.69, 9.17) is 0 Å². The Bertz CT molecular complexity index is 367. The first-order valence-electron chi connectivity index (χ1n) is 3.46. The van der Waals surface area contributed by atoms with Crippen LogP contribution >= 0.6 is 0 Å². The summed E-state index contributed by atoms with van der Waals surface area (Å²) in [5, 5.41) is 0. The first kappa shape index (κ1) is 10.2. The quantitative estimate of drug-likeness (QED) is 0.701. The second kappa shape index (κ2) is 3.86. The lowest BCUT2D eigenvalue weighted by Crippen LogP contribution is -2.20. The van der Waals surface area contributed by atoms with Crippen LogP contribution in [0.15, 0.2) is 13.6 Å². The fourth-order valence-corrected chi connectivity index (χ4v) is 1.34. The molecule has 0 aliphatic heterocycles. The summed E-state index contributed by atoms with van der Waals surface area (Å²) in [6.07, 6.45) is 0. The minimum Gasteiger partial charge on any atom is -0.760 e. The van der Waals surface area contributed by atoms with Gasteiger partial charge in [0.15, 0.2) is 5.76 Å². The second-order valence-corrected chi connectivity index (χ2v) is 3.15. The van der Waals surface area contributed by atoms with Crippen molar-refractivity contribution in [3.05, 3.63) is 22.1 Å². The summed E-state index contributed by atoms with van der Waals surface area (Å²) in [5.74, 6) is -0.373. The lowest BCUT2D eigenvalue weighted by Gasteiger charge is -2.12. The van der Waals surface area contributed by atoms with Crippen LogP contribution in [0.3, 0.4) is 0 Å². The summed E-state index contributed by atoms with van der Waals surface area (Å²) in [4.78, 5) is 10.6. The van der Waals surface area contributed by atoms with Gasteiger partial charge in [-0.2, -0.15) is 0 Å². The Hall–Kier alpha value is -0.920. The summed E-state index contributed by atoms with van der Waals surface area (Å²) in [7, 11) is 0. The van der Waals surface area contributed by atoms with Crippen LogP contribution in [0.1, 0.15) is 24.5 Å². The molecule has 1 aromatic heterocycles. The topological polar surface area (TPSA) is 95.5 Å².